The number of amides is 1. The average molecular weight is 247 g/mol. The molecule has 0 saturated heterocycles. The van der Waals surface area contributed by atoms with Crippen molar-refractivity contribution < 1.29 is 13.6 Å². The Balaban J connectivity index is 2.02. The van der Waals surface area contributed by atoms with Crippen LogP contribution < -0.4 is 5.32 Å². The normalized spacial score (nSPS) is 10.4. The zero-order valence-electron chi connectivity index (χ0n) is 10.3. The van der Waals surface area contributed by atoms with Crippen LogP contribution in [0.5, 0.6) is 0 Å². The van der Waals surface area contributed by atoms with Gasteiger partial charge >= 0.3 is 0 Å². The lowest BCUT2D eigenvalue weighted by molar-refractivity contribution is 0.0922. The fraction of sp³-hybridized carbons (Fsp3) is 0.214. The largest absolute Gasteiger partial charge is 0.459 e. The van der Waals surface area contributed by atoms with E-state index in [1.165, 1.54) is 12.3 Å². The van der Waals surface area contributed by atoms with E-state index in [1.54, 1.807) is 32.0 Å². The van der Waals surface area contributed by atoms with E-state index in [0.717, 1.165) is 11.1 Å². The Morgan fingerprint density at radius 1 is 1.28 bits per heavy atom. The molecule has 0 atom stereocenters. The molecule has 94 valence electrons. The third-order valence-electron chi connectivity index (χ3n) is 2.76. The lowest BCUT2D eigenvalue weighted by atomic mass is 10.1. The number of furan rings is 1. The molecule has 0 spiro atoms. The topological polar surface area (TPSA) is 42.2 Å². The first-order chi connectivity index (χ1) is 8.58. The highest BCUT2D eigenvalue weighted by atomic mass is 19.1. The average Bonchev–Trinajstić information content (AvgIpc) is 2.77. The van der Waals surface area contributed by atoms with E-state index in [-0.39, 0.29) is 18.3 Å². The number of carbonyl (C=O) groups is 1. The number of benzene rings is 1. The minimum Gasteiger partial charge on any atom is -0.459 e. The van der Waals surface area contributed by atoms with Crippen LogP contribution in [0.2, 0.25) is 0 Å². The van der Waals surface area contributed by atoms with Crippen LogP contribution in [0.3, 0.4) is 0 Å². The minimum absolute atomic E-state index is 0.268. The van der Waals surface area contributed by atoms with Gasteiger partial charge in [0.05, 0.1) is 6.26 Å². The fourth-order valence-corrected chi connectivity index (χ4v) is 1.61. The summed E-state index contributed by atoms with van der Waals surface area (Å²) in [5.74, 6) is -0.267. The molecule has 18 heavy (non-hydrogen) atoms. The Kier molecular flexibility index (Phi) is 3.46. The number of halogens is 1. The summed E-state index contributed by atoms with van der Waals surface area (Å²) < 4.78 is 18.4. The molecule has 0 aliphatic heterocycles. The molecule has 1 aromatic carbocycles. The first-order valence-corrected chi connectivity index (χ1v) is 5.65. The van der Waals surface area contributed by atoms with Crippen molar-refractivity contribution in [1.29, 1.82) is 0 Å². The van der Waals surface area contributed by atoms with Gasteiger partial charge in [-0.15, -0.1) is 0 Å². The maximum absolute atomic E-state index is 13.3. The molecule has 0 aliphatic rings. The molecule has 1 amide bonds. The van der Waals surface area contributed by atoms with Crippen LogP contribution in [0.25, 0.3) is 0 Å². The summed E-state index contributed by atoms with van der Waals surface area (Å²) in [6.07, 6.45) is 1.47. The zero-order chi connectivity index (χ0) is 13.1. The van der Waals surface area contributed by atoms with Crippen LogP contribution in [-0.2, 0) is 6.54 Å². The summed E-state index contributed by atoms with van der Waals surface area (Å²) in [5, 5.41) is 2.69. The molecule has 4 heteroatoms. The molecular weight excluding hydrogens is 233 g/mol. The Labute approximate surface area is 105 Å². The highest BCUT2D eigenvalue weighted by molar-refractivity contribution is 5.92. The van der Waals surface area contributed by atoms with Gasteiger partial charge in [-0.1, -0.05) is 12.1 Å². The number of hydrogen-bond acceptors (Lipinski definition) is 2. The van der Waals surface area contributed by atoms with E-state index in [1.807, 2.05) is 0 Å². The van der Waals surface area contributed by atoms with Gasteiger partial charge in [-0.3, -0.25) is 4.79 Å². The van der Waals surface area contributed by atoms with Crippen molar-refractivity contribution in [2.45, 2.75) is 20.4 Å². The smallest absolute Gasteiger partial charge is 0.287 e. The highest BCUT2D eigenvalue weighted by Gasteiger charge is 2.12. The van der Waals surface area contributed by atoms with Gasteiger partial charge in [0.15, 0.2) is 5.76 Å². The molecule has 0 bridgehead atoms. The Morgan fingerprint density at radius 3 is 2.67 bits per heavy atom. The van der Waals surface area contributed by atoms with Crippen molar-refractivity contribution >= 4 is 5.91 Å². The van der Waals surface area contributed by atoms with Crippen molar-refractivity contribution in [1.82, 2.24) is 5.32 Å². The molecule has 0 aliphatic carbocycles. The first-order valence-electron chi connectivity index (χ1n) is 5.65. The van der Waals surface area contributed by atoms with E-state index in [2.05, 4.69) is 5.32 Å². The fourth-order valence-electron chi connectivity index (χ4n) is 1.61. The maximum Gasteiger partial charge on any atom is 0.287 e. The van der Waals surface area contributed by atoms with E-state index in [0.29, 0.717) is 11.3 Å². The van der Waals surface area contributed by atoms with Crippen LogP contribution >= 0.6 is 0 Å². The standard InChI is InChI=1S/C14H14FNO2/c1-9-3-4-11(7-12(9)15)8-16-14(17)13-10(2)5-6-18-13/h3-7H,8H2,1-2H3,(H,16,17). The Bertz CT molecular complexity index is 575. The number of aryl methyl sites for hydroxylation is 2. The van der Waals surface area contributed by atoms with Gasteiger partial charge < -0.3 is 9.73 Å². The molecule has 1 heterocycles. The van der Waals surface area contributed by atoms with Crippen LogP contribution in [0.15, 0.2) is 34.9 Å². The second-order valence-electron chi connectivity index (χ2n) is 4.20. The predicted octanol–water partition coefficient (Wildman–Crippen LogP) is 2.97. The SMILES string of the molecule is Cc1ccc(CNC(=O)c2occc2C)cc1F. The molecule has 0 fully saturated rings. The van der Waals surface area contributed by atoms with Gasteiger partial charge in [0.2, 0.25) is 0 Å². The number of hydrogen-bond donors (Lipinski definition) is 1. The van der Waals surface area contributed by atoms with Gasteiger partial charge in [0.1, 0.15) is 5.82 Å². The summed E-state index contributed by atoms with van der Waals surface area (Å²) in [5.41, 5.74) is 2.09. The van der Waals surface area contributed by atoms with Gasteiger partial charge in [-0.2, -0.15) is 0 Å². The molecule has 1 aromatic heterocycles. The second kappa shape index (κ2) is 5.04. The van der Waals surface area contributed by atoms with Crippen molar-refractivity contribution in [3.63, 3.8) is 0 Å². The van der Waals surface area contributed by atoms with Crippen LogP contribution in [0.1, 0.15) is 27.2 Å². The highest BCUT2D eigenvalue weighted by Crippen LogP contribution is 2.11. The van der Waals surface area contributed by atoms with E-state index >= 15 is 0 Å². The van der Waals surface area contributed by atoms with Gasteiger partial charge in [-0.05, 0) is 37.1 Å². The van der Waals surface area contributed by atoms with Crippen molar-refractivity contribution in [3.8, 4) is 0 Å². The lowest BCUT2D eigenvalue weighted by Crippen LogP contribution is -2.23. The molecule has 1 N–H and O–H groups in total. The van der Waals surface area contributed by atoms with Crippen molar-refractivity contribution in [2.75, 3.05) is 0 Å². The van der Waals surface area contributed by atoms with E-state index < -0.39 is 0 Å². The lowest BCUT2D eigenvalue weighted by Gasteiger charge is -2.05. The third-order valence-corrected chi connectivity index (χ3v) is 2.76. The van der Waals surface area contributed by atoms with E-state index in [4.69, 9.17) is 4.42 Å². The second-order valence-corrected chi connectivity index (χ2v) is 4.20. The van der Waals surface area contributed by atoms with Crippen LogP contribution in [0.4, 0.5) is 4.39 Å². The third kappa shape index (κ3) is 2.59. The minimum atomic E-state index is -0.293. The summed E-state index contributed by atoms with van der Waals surface area (Å²) in [6.45, 7) is 3.77. The van der Waals surface area contributed by atoms with Gasteiger partial charge in [0.25, 0.3) is 5.91 Å². The van der Waals surface area contributed by atoms with Gasteiger partial charge in [-0.25, -0.2) is 4.39 Å². The molecule has 0 radical (unpaired) electrons. The van der Waals surface area contributed by atoms with E-state index in [9.17, 15) is 9.18 Å². The number of carbonyl (C=O) groups excluding carboxylic acids is 1. The first kappa shape index (κ1) is 12.4. The molecule has 0 saturated carbocycles. The summed E-state index contributed by atoms with van der Waals surface area (Å²) in [4.78, 5) is 11.8. The predicted molar refractivity (Wildman–Crippen MR) is 65.8 cm³/mol. The number of rotatable bonds is 3. The quantitative estimate of drug-likeness (QED) is 0.906. The van der Waals surface area contributed by atoms with Gasteiger partial charge in [0, 0.05) is 12.1 Å². The summed E-state index contributed by atoms with van der Waals surface area (Å²) in [7, 11) is 0. The zero-order valence-corrected chi connectivity index (χ0v) is 10.3. The summed E-state index contributed by atoms with van der Waals surface area (Å²) >= 11 is 0. The monoisotopic (exact) mass is 247 g/mol. The van der Waals surface area contributed by atoms with Crippen molar-refractivity contribution in [3.05, 3.63) is 58.8 Å². The molecular formula is C14H14FNO2. The summed E-state index contributed by atoms with van der Waals surface area (Å²) in [6, 6.07) is 6.62. The molecule has 0 unspecified atom stereocenters. The Hall–Kier alpha value is -2.10. The van der Waals surface area contributed by atoms with Crippen LogP contribution in [-0.4, -0.2) is 5.91 Å². The number of nitrogens with one attached hydrogen (secondary N) is 1. The maximum atomic E-state index is 13.3. The molecule has 2 rings (SSSR count). The van der Waals surface area contributed by atoms with Crippen molar-refractivity contribution in [2.24, 2.45) is 0 Å². The Morgan fingerprint density at radius 2 is 2.06 bits per heavy atom. The molecule has 3 nitrogen and oxygen atoms in total. The van der Waals surface area contributed by atoms with Crippen LogP contribution in [0, 0.1) is 19.7 Å². The molecule has 2 aromatic rings.